The molecule has 19 heavy (non-hydrogen) atoms. The maximum atomic E-state index is 6.25. The molecule has 1 saturated carbocycles. The molecular weight excluding hydrogens is 322 g/mol. The second-order valence-corrected chi connectivity index (χ2v) is 7.45. The van der Waals surface area contributed by atoms with Gasteiger partial charge in [0, 0.05) is 10.5 Å². The van der Waals surface area contributed by atoms with Gasteiger partial charge in [0.15, 0.2) is 0 Å². The zero-order valence-corrected chi connectivity index (χ0v) is 14.1. The van der Waals surface area contributed by atoms with Crippen molar-refractivity contribution in [2.24, 2.45) is 11.8 Å². The Bertz CT molecular complexity index is 419. The van der Waals surface area contributed by atoms with E-state index in [9.17, 15) is 0 Å². The molecule has 0 spiro atoms. The van der Waals surface area contributed by atoms with Gasteiger partial charge in [0.05, 0.1) is 10.7 Å². The van der Waals surface area contributed by atoms with Gasteiger partial charge in [0.1, 0.15) is 0 Å². The van der Waals surface area contributed by atoms with Crippen molar-refractivity contribution >= 4 is 33.2 Å². The summed E-state index contributed by atoms with van der Waals surface area (Å²) in [5, 5.41) is 4.45. The van der Waals surface area contributed by atoms with Crippen LogP contribution in [0.4, 0.5) is 5.69 Å². The molecule has 1 aliphatic rings. The van der Waals surface area contributed by atoms with Gasteiger partial charge in [0.25, 0.3) is 0 Å². The molecule has 2 atom stereocenters. The molecule has 0 aromatic heterocycles. The van der Waals surface area contributed by atoms with Gasteiger partial charge in [-0.3, -0.25) is 0 Å². The molecule has 0 bridgehead atoms. The molecule has 1 nitrogen and oxygen atoms in total. The molecule has 0 saturated heterocycles. The topological polar surface area (TPSA) is 12.0 Å². The number of benzene rings is 1. The van der Waals surface area contributed by atoms with Gasteiger partial charge in [-0.05, 0) is 49.3 Å². The van der Waals surface area contributed by atoms with Gasteiger partial charge in [0.2, 0.25) is 0 Å². The largest absolute Gasteiger partial charge is 0.381 e. The van der Waals surface area contributed by atoms with Crippen LogP contribution in [-0.2, 0) is 0 Å². The Morgan fingerprint density at radius 2 is 2.16 bits per heavy atom. The highest BCUT2D eigenvalue weighted by Crippen LogP contribution is 2.33. The lowest BCUT2D eigenvalue weighted by molar-refractivity contribution is 0.289. The quantitative estimate of drug-likeness (QED) is 0.694. The lowest BCUT2D eigenvalue weighted by Gasteiger charge is -2.31. The van der Waals surface area contributed by atoms with Crippen molar-refractivity contribution < 1.29 is 0 Å². The maximum absolute atomic E-state index is 6.25. The minimum atomic E-state index is 0.573. The van der Waals surface area contributed by atoms with Gasteiger partial charge in [-0.25, -0.2) is 0 Å². The van der Waals surface area contributed by atoms with Crippen LogP contribution in [-0.4, -0.2) is 6.04 Å². The third-order valence-corrected chi connectivity index (χ3v) is 4.70. The SMILES string of the molecule is CC(C)CC1CCCC(Nc2cc(Br)ccc2Cl)C1. The van der Waals surface area contributed by atoms with Crippen LogP contribution in [0.1, 0.15) is 46.0 Å². The summed E-state index contributed by atoms with van der Waals surface area (Å²) in [4.78, 5) is 0. The fraction of sp³-hybridized carbons (Fsp3) is 0.625. The Hall–Kier alpha value is -0.210. The van der Waals surface area contributed by atoms with Gasteiger partial charge < -0.3 is 5.32 Å². The molecule has 0 heterocycles. The molecule has 0 amide bonds. The number of anilines is 1. The second-order valence-electron chi connectivity index (χ2n) is 6.13. The molecule has 1 aliphatic carbocycles. The van der Waals surface area contributed by atoms with Gasteiger partial charge in [-0.15, -0.1) is 0 Å². The molecule has 1 N–H and O–H groups in total. The highest BCUT2D eigenvalue weighted by molar-refractivity contribution is 9.10. The first kappa shape index (κ1) is 15.2. The molecule has 0 aliphatic heterocycles. The normalized spacial score (nSPS) is 23.6. The minimum absolute atomic E-state index is 0.573. The lowest BCUT2D eigenvalue weighted by Crippen LogP contribution is -2.28. The summed E-state index contributed by atoms with van der Waals surface area (Å²) in [6.45, 7) is 4.64. The number of nitrogens with one attached hydrogen (secondary N) is 1. The van der Waals surface area contributed by atoms with Gasteiger partial charge in [-0.1, -0.05) is 54.2 Å². The van der Waals surface area contributed by atoms with E-state index in [2.05, 4.69) is 41.2 Å². The standard InChI is InChI=1S/C16H23BrClN/c1-11(2)8-12-4-3-5-14(9-12)19-16-10-13(17)6-7-15(16)18/h6-7,10-12,14,19H,3-5,8-9H2,1-2H3. The Kier molecular flexibility index (Phi) is 5.58. The zero-order valence-electron chi connectivity index (χ0n) is 11.8. The Balaban J connectivity index is 1.96. The van der Waals surface area contributed by atoms with Crippen LogP contribution < -0.4 is 5.32 Å². The Morgan fingerprint density at radius 3 is 2.89 bits per heavy atom. The van der Waals surface area contributed by atoms with Crippen molar-refractivity contribution in [2.75, 3.05) is 5.32 Å². The van der Waals surface area contributed by atoms with Gasteiger partial charge >= 0.3 is 0 Å². The van der Waals surface area contributed by atoms with Crippen LogP contribution in [0.5, 0.6) is 0 Å². The molecule has 1 aromatic carbocycles. The van der Waals surface area contributed by atoms with Crippen molar-refractivity contribution in [3.05, 3.63) is 27.7 Å². The van der Waals surface area contributed by atoms with Crippen LogP contribution >= 0.6 is 27.5 Å². The van der Waals surface area contributed by atoms with E-state index in [0.29, 0.717) is 6.04 Å². The molecule has 1 fully saturated rings. The van der Waals surface area contributed by atoms with E-state index in [-0.39, 0.29) is 0 Å². The average Bonchev–Trinajstić information content (AvgIpc) is 2.33. The molecule has 1 aromatic rings. The molecule has 2 unspecified atom stereocenters. The first-order valence-corrected chi connectivity index (χ1v) is 8.43. The summed E-state index contributed by atoms with van der Waals surface area (Å²) in [5.41, 5.74) is 1.06. The Labute approximate surface area is 130 Å². The first-order chi connectivity index (χ1) is 9.04. The number of rotatable bonds is 4. The third-order valence-electron chi connectivity index (χ3n) is 3.88. The molecule has 106 valence electrons. The van der Waals surface area contributed by atoms with Crippen molar-refractivity contribution in [3.63, 3.8) is 0 Å². The number of halogens is 2. The summed E-state index contributed by atoms with van der Waals surface area (Å²) >= 11 is 9.76. The molecule has 3 heteroatoms. The Morgan fingerprint density at radius 1 is 1.37 bits per heavy atom. The summed E-state index contributed by atoms with van der Waals surface area (Å²) in [6.07, 6.45) is 6.62. The summed E-state index contributed by atoms with van der Waals surface area (Å²) in [5.74, 6) is 1.68. The van der Waals surface area contributed by atoms with Crippen LogP contribution in [0.25, 0.3) is 0 Å². The zero-order chi connectivity index (χ0) is 13.8. The van der Waals surface area contributed by atoms with E-state index < -0.39 is 0 Å². The lowest BCUT2D eigenvalue weighted by atomic mass is 9.81. The van der Waals surface area contributed by atoms with Crippen LogP contribution in [0.3, 0.4) is 0 Å². The van der Waals surface area contributed by atoms with E-state index in [0.717, 1.165) is 27.0 Å². The monoisotopic (exact) mass is 343 g/mol. The number of hydrogen-bond acceptors (Lipinski definition) is 1. The summed E-state index contributed by atoms with van der Waals surface area (Å²) in [7, 11) is 0. The summed E-state index contributed by atoms with van der Waals surface area (Å²) in [6, 6.07) is 6.58. The van der Waals surface area contributed by atoms with E-state index in [1.54, 1.807) is 0 Å². The van der Waals surface area contributed by atoms with Crippen molar-refractivity contribution in [3.8, 4) is 0 Å². The van der Waals surface area contributed by atoms with Crippen LogP contribution in [0.2, 0.25) is 5.02 Å². The van der Waals surface area contributed by atoms with Crippen LogP contribution in [0.15, 0.2) is 22.7 Å². The summed E-state index contributed by atoms with van der Waals surface area (Å²) < 4.78 is 1.08. The predicted octanol–water partition coefficient (Wildman–Crippen LogP) is 6.12. The highest BCUT2D eigenvalue weighted by Gasteiger charge is 2.22. The van der Waals surface area contributed by atoms with E-state index >= 15 is 0 Å². The molecule has 2 rings (SSSR count). The highest BCUT2D eigenvalue weighted by atomic mass is 79.9. The number of hydrogen-bond donors (Lipinski definition) is 1. The minimum Gasteiger partial charge on any atom is -0.381 e. The van der Waals surface area contributed by atoms with Crippen molar-refractivity contribution in [2.45, 2.75) is 52.0 Å². The molecular formula is C16H23BrClN. The van der Waals surface area contributed by atoms with Crippen molar-refractivity contribution in [1.82, 2.24) is 0 Å². The van der Waals surface area contributed by atoms with E-state index in [1.807, 2.05) is 12.1 Å². The van der Waals surface area contributed by atoms with E-state index in [1.165, 1.54) is 32.1 Å². The van der Waals surface area contributed by atoms with Crippen LogP contribution in [0, 0.1) is 11.8 Å². The molecule has 0 radical (unpaired) electrons. The third kappa shape index (κ3) is 4.68. The van der Waals surface area contributed by atoms with Gasteiger partial charge in [-0.2, -0.15) is 0 Å². The second kappa shape index (κ2) is 6.99. The van der Waals surface area contributed by atoms with Crippen molar-refractivity contribution in [1.29, 1.82) is 0 Å². The van der Waals surface area contributed by atoms with E-state index in [4.69, 9.17) is 11.6 Å². The fourth-order valence-corrected chi connectivity index (χ4v) is 3.66. The fourth-order valence-electron chi connectivity index (χ4n) is 3.13. The smallest absolute Gasteiger partial charge is 0.0638 e. The predicted molar refractivity (Wildman–Crippen MR) is 88.0 cm³/mol. The first-order valence-electron chi connectivity index (χ1n) is 7.26. The average molecular weight is 345 g/mol. The maximum Gasteiger partial charge on any atom is 0.0638 e.